The van der Waals surface area contributed by atoms with E-state index in [1.165, 1.54) is 0 Å². The molecular weight excluding hydrogens is 398 g/mol. The van der Waals surface area contributed by atoms with Crippen LogP contribution in [-0.4, -0.2) is 63.2 Å². The minimum atomic E-state index is -0.765. The molecule has 0 aliphatic heterocycles. The lowest BCUT2D eigenvalue weighted by Crippen LogP contribution is -2.48. The van der Waals surface area contributed by atoms with Crippen LogP contribution in [0.1, 0.15) is 39.2 Å². The van der Waals surface area contributed by atoms with Crippen molar-refractivity contribution in [2.24, 2.45) is 23.3 Å². The maximum atomic E-state index is 11.1. The number of methoxy groups -OCH3 is 2. The minimum absolute atomic E-state index is 0.220. The van der Waals surface area contributed by atoms with Crippen LogP contribution < -0.4 is 26.3 Å². The number of carbonyl (C=O) groups excluding carboxylic acids is 1. The van der Waals surface area contributed by atoms with E-state index in [0.717, 1.165) is 18.4 Å². The third kappa shape index (κ3) is 9.86. The molecule has 0 saturated heterocycles. The number of nitrogens with two attached hydrogens (primary N) is 2. The third-order valence-electron chi connectivity index (χ3n) is 5.55. The van der Waals surface area contributed by atoms with Gasteiger partial charge >= 0.3 is 0 Å². The van der Waals surface area contributed by atoms with Gasteiger partial charge in [0.05, 0.1) is 25.9 Å². The van der Waals surface area contributed by atoms with Crippen molar-refractivity contribution >= 4 is 5.91 Å². The van der Waals surface area contributed by atoms with Gasteiger partial charge in [-0.1, -0.05) is 19.9 Å². The number of ether oxygens (including phenoxy) is 3. The van der Waals surface area contributed by atoms with Gasteiger partial charge in [0.2, 0.25) is 5.91 Å². The molecule has 1 rings (SSSR count). The Hall–Kier alpha value is -1.87. The molecule has 4 atom stereocenters. The van der Waals surface area contributed by atoms with E-state index in [-0.39, 0.29) is 12.5 Å². The van der Waals surface area contributed by atoms with Crippen LogP contribution in [0.2, 0.25) is 0 Å². The molecule has 178 valence electrons. The largest absolute Gasteiger partial charge is 0.493 e. The molecule has 0 fully saturated rings. The zero-order chi connectivity index (χ0) is 23.4. The maximum Gasteiger partial charge on any atom is 0.234 e. The van der Waals surface area contributed by atoms with E-state index in [2.05, 4.69) is 19.2 Å². The predicted molar refractivity (Wildman–Crippen MR) is 122 cm³/mol. The molecule has 1 amide bonds. The summed E-state index contributed by atoms with van der Waals surface area (Å²) >= 11 is 0. The smallest absolute Gasteiger partial charge is 0.234 e. The van der Waals surface area contributed by atoms with E-state index in [9.17, 15) is 9.90 Å². The topological polar surface area (TPSA) is 129 Å². The third-order valence-corrected chi connectivity index (χ3v) is 5.55. The van der Waals surface area contributed by atoms with E-state index in [1.807, 2.05) is 18.2 Å². The van der Waals surface area contributed by atoms with E-state index >= 15 is 0 Å². The van der Waals surface area contributed by atoms with Crippen LogP contribution in [0.25, 0.3) is 0 Å². The first-order valence-electron chi connectivity index (χ1n) is 10.9. The van der Waals surface area contributed by atoms with Crippen LogP contribution >= 0.6 is 0 Å². The van der Waals surface area contributed by atoms with E-state index in [4.69, 9.17) is 25.7 Å². The average molecular weight is 440 g/mol. The second-order valence-electron chi connectivity index (χ2n) is 8.39. The summed E-state index contributed by atoms with van der Waals surface area (Å²) in [5.74, 6) is 1.61. The van der Waals surface area contributed by atoms with Crippen LogP contribution in [0.5, 0.6) is 11.5 Å². The van der Waals surface area contributed by atoms with E-state index in [1.54, 1.807) is 21.1 Å². The lowest BCUT2D eigenvalue weighted by atomic mass is 9.83. The van der Waals surface area contributed by atoms with Gasteiger partial charge in [-0.3, -0.25) is 4.79 Å². The molecule has 0 unspecified atom stereocenters. The quantitative estimate of drug-likeness (QED) is 0.287. The van der Waals surface area contributed by atoms with Crippen LogP contribution in [-0.2, 0) is 16.0 Å². The highest BCUT2D eigenvalue weighted by Crippen LogP contribution is 2.31. The van der Waals surface area contributed by atoms with Gasteiger partial charge in [-0.15, -0.1) is 0 Å². The van der Waals surface area contributed by atoms with Crippen molar-refractivity contribution in [1.82, 2.24) is 5.32 Å². The van der Waals surface area contributed by atoms with E-state index < -0.39 is 24.1 Å². The normalized spacial score (nSPS) is 15.4. The Morgan fingerprint density at radius 2 is 1.87 bits per heavy atom. The first-order valence-corrected chi connectivity index (χ1v) is 10.9. The first-order chi connectivity index (χ1) is 14.7. The summed E-state index contributed by atoms with van der Waals surface area (Å²) in [6.45, 7) is 7.39. The van der Waals surface area contributed by atoms with Crippen LogP contribution in [0.4, 0.5) is 0 Å². The Labute approximate surface area is 186 Å². The zero-order valence-electron chi connectivity index (χ0n) is 19.6. The molecule has 8 heteroatoms. The molecule has 0 bridgehead atoms. The molecule has 0 aliphatic carbocycles. The number of benzene rings is 1. The standard InChI is InChI=1S/C23H41N3O5/c1-15(2)18(13-19(24)20(27)14-26-16(3)23(25)28)11-17-7-8-21(30-5)22(12-17)31-10-6-9-29-4/h7-8,12,15-16,18-20,26-27H,6,9-11,13-14,24H2,1-5H3,(H2,25,28)/t16-,18-,19-,20-/m0/s1. The summed E-state index contributed by atoms with van der Waals surface area (Å²) in [6.07, 6.45) is 1.50. The number of hydrogen-bond donors (Lipinski definition) is 4. The number of amides is 1. The van der Waals surface area contributed by atoms with Gasteiger partial charge in [-0.25, -0.2) is 0 Å². The maximum absolute atomic E-state index is 11.1. The first kappa shape index (κ1) is 27.2. The Morgan fingerprint density at radius 1 is 1.16 bits per heavy atom. The Morgan fingerprint density at radius 3 is 2.45 bits per heavy atom. The molecular formula is C23H41N3O5. The Bertz CT molecular complexity index is 656. The highest BCUT2D eigenvalue weighted by atomic mass is 16.5. The fourth-order valence-corrected chi connectivity index (χ4v) is 3.30. The summed E-state index contributed by atoms with van der Waals surface area (Å²) < 4.78 is 16.4. The highest BCUT2D eigenvalue weighted by molar-refractivity contribution is 5.79. The molecule has 0 saturated carbocycles. The van der Waals surface area contributed by atoms with Gasteiger partial charge in [0.1, 0.15) is 0 Å². The molecule has 0 radical (unpaired) electrons. The molecule has 0 spiro atoms. The van der Waals surface area contributed by atoms with Crippen molar-refractivity contribution in [3.8, 4) is 11.5 Å². The van der Waals surface area contributed by atoms with Gasteiger partial charge in [-0.05, 0) is 49.3 Å². The number of aliphatic hydroxyl groups excluding tert-OH is 1. The SMILES string of the molecule is COCCCOc1cc(C[C@@H](C[C@H](N)[C@@H](O)CN[C@@H](C)C(N)=O)C(C)C)ccc1OC. The molecule has 8 nitrogen and oxygen atoms in total. The summed E-state index contributed by atoms with van der Waals surface area (Å²) in [4.78, 5) is 11.1. The van der Waals surface area contributed by atoms with Crippen molar-refractivity contribution in [1.29, 1.82) is 0 Å². The lowest BCUT2D eigenvalue weighted by Gasteiger charge is -2.28. The molecule has 0 heterocycles. The molecule has 0 aliphatic rings. The van der Waals surface area contributed by atoms with Crippen molar-refractivity contribution in [2.45, 2.75) is 58.2 Å². The summed E-state index contributed by atoms with van der Waals surface area (Å²) in [5, 5.41) is 13.3. The molecule has 6 N–H and O–H groups in total. The second kappa shape index (κ2) is 14.2. The summed E-state index contributed by atoms with van der Waals surface area (Å²) in [6, 6.07) is 5.04. The molecule has 1 aromatic carbocycles. The van der Waals surface area contributed by atoms with Gasteiger partial charge in [0.15, 0.2) is 11.5 Å². The average Bonchev–Trinajstić information content (AvgIpc) is 2.74. The monoisotopic (exact) mass is 439 g/mol. The van der Waals surface area contributed by atoms with Gasteiger partial charge < -0.3 is 36.1 Å². The van der Waals surface area contributed by atoms with Crippen molar-refractivity contribution in [3.63, 3.8) is 0 Å². The number of primary amides is 1. The van der Waals surface area contributed by atoms with Crippen molar-refractivity contribution < 1.29 is 24.1 Å². The Balaban J connectivity index is 2.75. The van der Waals surface area contributed by atoms with Gasteiger partial charge in [-0.2, -0.15) is 0 Å². The number of carbonyl (C=O) groups is 1. The van der Waals surface area contributed by atoms with Crippen LogP contribution in [0.15, 0.2) is 18.2 Å². The van der Waals surface area contributed by atoms with Crippen molar-refractivity contribution in [3.05, 3.63) is 23.8 Å². The Kier molecular flexibility index (Phi) is 12.5. The fraction of sp³-hybridized carbons (Fsp3) is 0.696. The van der Waals surface area contributed by atoms with Crippen LogP contribution in [0, 0.1) is 11.8 Å². The summed E-state index contributed by atoms with van der Waals surface area (Å²) in [5.41, 5.74) is 12.7. The second-order valence-corrected chi connectivity index (χ2v) is 8.39. The van der Waals surface area contributed by atoms with Crippen molar-refractivity contribution in [2.75, 3.05) is 34.0 Å². The van der Waals surface area contributed by atoms with Crippen LogP contribution in [0.3, 0.4) is 0 Å². The lowest BCUT2D eigenvalue weighted by molar-refractivity contribution is -0.119. The molecule has 1 aromatic rings. The number of nitrogens with one attached hydrogen (secondary N) is 1. The van der Waals surface area contributed by atoms with Gasteiger partial charge in [0, 0.05) is 32.7 Å². The van der Waals surface area contributed by atoms with E-state index in [0.29, 0.717) is 37.1 Å². The zero-order valence-corrected chi connectivity index (χ0v) is 19.6. The molecule has 0 aromatic heterocycles. The molecule has 31 heavy (non-hydrogen) atoms. The summed E-state index contributed by atoms with van der Waals surface area (Å²) in [7, 11) is 3.30. The number of hydrogen-bond acceptors (Lipinski definition) is 7. The fourth-order valence-electron chi connectivity index (χ4n) is 3.30. The number of aliphatic hydroxyl groups is 1. The minimum Gasteiger partial charge on any atom is -0.493 e. The number of rotatable bonds is 16. The highest BCUT2D eigenvalue weighted by Gasteiger charge is 2.24. The predicted octanol–water partition coefficient (Wildman–Crippen LogP) is 1.47. The van der Waals surface area contributed by atoms with Gasteiger partial charge in [0.25, 0.3) is 0 Å².